The van der Waals surface area contributed by atoms with Crippen LogP contribution in [0.5, 0.6) is 0 Å². The number of halogens is 1. The fraction of sp³-hybridized carbons (Fsp3) is 0.462. The molecule has 2 aromatic rings. The van der Waals surface area contributed by atoms with E-state index < -0.39 is 0 Å². The number of hydrogen-bond donors (Lipinski definition) is 1. The maximum atomic E-state index is 12.2. The lowest BCUT2D eigenvalue weighted by atomic mass is 10.1. The number of carbonyl (C=O) groups is 1. The molecule has 0 fully saturated rings. The van der Waals surface area contributed by atoms with Gasteiger partial charge in [0, 0.05) is 24.8 Å². The molecule has 2 aromatic heterocycles. The first-order valence-electron chi connectivity index (χ1n) is 6.46. The molecule has 0 aliphatic rings. The molecule has 20 heavy (non-hydrogen) atoms. The predicted molar refractivity (Wildman–Crippen MR) is 76.7 cm³/mol. The SMILES string of the molecule is CCn1ncc(C(C)NC(=O)c2c(Cl)cnn2C)c1C. The highest BCUT2D eigenvalue weighted by Crippen LogP contribution is 2.19. The molecule has 0 bridgehead atoms. The Morgan fingerprint density at radius 1 is 1.45 bits per heavy atom. The second-order valence-electron chi connectivity index (χ2n) is 4.66. The molecule has 7 heteroatoms. The molecular weight excluding hydrogens is 278 g/mol. The highest BCUT2D eigenvalue weighted by atomic mass is 35.5. The van der Waals surface area contributed by atoms with E-state index >= 15 is 0 Å². The molecule has 1 amide bonds. The Morgan fingerprint density at radius 3 is 2.65 bits per heavy atom. The monoisotopic (exact) mass is 295 g/mol. The molecule has 0 aromatic carbocycles. The Labute approximate surface area is 122 Å². The zero-order chi connectivity index (χ0) is 14.9. The van der Waals surface area contributed by atoms with Crippen LogP contribution in [0.1, 0.15) is 41.6 Å². The van der Waals surface area contributed by atoms with Crippen LogP contribution in [0.2, 0.25) is 5.02 Å². The average Bonchev–Trinajstić information content (AvgIpc) is 2.92. The zero-order valence-electron chi connectivity index (χ0n) is 12.0. The summed E-state index contributed by atoms with van der Waals surface area (Å²) in [5.74, 6) is -0.244. The topological polar surface area (TPSA) is 64.7 Å². The van der Waals surface area contributed by atoms with Crippen molar-refractivity contribution in [3.05, 3.63) is 34.4 Å². The van der Waals surface area contributed by atoms with Crippen LogP contribution in [0, 0.1) is 6.92 Å². The third kappa shape index (κ3) is 2.56. The van der Waals surface area contributed by atoms with E-state index in [1.165, 1.54) is 10.9 Å². The maximum Gasteiger partial charge on any atom is 0.271 e. The number of hydrogen-bond acceptors (Lipinski definition) is 3. The number of nitrogens with zero attached hydrogens (tertiary/aromatic N) is 4. The van der Waals surface area contributed by atoms with Gasteiger partial charge in [-0.1, -0.05) is 11.6 Å². The van der Waals surface area contributed by atoms with E-state index in [1.807, 2.05) is 25.5 Å². The van der Waals surface area contributed by atoms with Gasteiger partial charge in [0.1, 0.15) is 5.69 Å². The number of amides is 1. The lowest BCUT2D eigenvalue weighted by Gasteiger charge is -2.14. The van der Waals surface area contributed by atoms with Gasteiger partial charge in [0.05, 0.1) is 23.5 Å². The van der Waals surface area contributed by atoms with Gasteiger partial charge in [-0.3, -0.25) is 14.2 Å². The third-order valence-electron chi connectivity index (χ3n) is 3.36. The number of aryl methyl sites for hydroxylation is 2. The van der Waals surface area contributed by atoms with Gasteiger partial charge in [-0.05, 0) is 20.8 Å². The largest absolute Gasteiger partial charge is 0.344 e. The normalized spacial score (nSPS) is 12.4. The van der Waals surface area contributed by atoms with Crippen molar-refractivity contribution in [1.29, 1.82) is 0 Å². The first kappa shape index (κ1) is 14.6. The Hall–Kier alpha value is -1.82. The van der Waals surface area contributed by atoms with Gasteiger partial charge in [0.15, 0.2) is 0 Å². The first-order valence-corrected chi connectivity index (χ1v) is 6.84. The average molecular weight is 296 g/mol. The summed E-state index contributed by atoms with van der Waals surface area (Å²) in [5, 5.41) is 11.5. The molecule has 0 spiro atoms. The Balaban J connectivity index is 2.17. The Bertz CT molecular complexity index is 611. The van der Waals surface area contributed by atoms with Crippen molar-refractivity contribution < 1.29 is 4.79 Å². The number of rotatable bonds is 4. The molecule has 0 radical (unpaired) electrons. The van der Waals surface area contributed by atoms with E-state index in [9.17, 15) is 4.79 Å². The van der Waals surface area contributed by atoms with Crippen molar-refractivity contribution in [3.63, 3.8) is 0 Å². The number of aromatic nitrogens is 4. The maximum absolute atomic E-state index is 12.2. The predicted octanol–water partition coefficient (Wildman–Crippen LogP) is 2.09. The van der Waals surface area contributed by atoms with Crippen LogP contribution in [-0.2, 0) is 13.6 Å². The summed E-state index contributed by atoms with van der Waals surface area (Å²) in [7, 11) is 1.69. The van der Waals surface area contributed by atoms with Gasteiger partial charge in [-0.25, -0.2) is 0 Å². The molecule has 0 saturated carbocycles. The van der Waals surface area contributed by atoms with Crippen LogP contribution in [0.3, 0.4) is 0 Å². The smallest absolute Gasteiger partial charge is 0.271 e. The van der Waals surface area contributed by atoms with E-state index in [0.29, 0.717) is 10.7 Å². The van der Waals surface area contributed by atoms with Crippen molar-refractivity contribution >= 4 is 17.5 Å². The highest BCUT2D eigenvalue weighted by Gasteiger charge is 2.20. The minimum atomic E-state index is -0.244. The molecule has 1 atom stereocenters. The van der Waals surface area contributed by atoms with E-state index in [-0.39, 0.29) is 11.9 Å². The lowest BCUT2D eigenvalue weighted by Crippen LogP contribution is -2.29. The summed E-state index contributed by atoms with van der Waals surface area (Å²) >= 11 is 5.97. The minimum absolute atomic E-state index is 0.145. The summed E-state index contributed by atoms with van der Waals surface area (Å²) in [4.78, 5) is 12.2. The van der Waals surface area contributed by atoms with Crippen LogP contribution in [0.25, 0.3) is 0 Å². The van der Waals surface area contributed by atoms with Gasteiger partial charge in [0.2, 0.25) is 0 Å². The van der Waals surface area contributed by atoms with E-state index in [1.54, 1.807) is 13.2 Å². The molecule has 0 aliphatic heterocycles. The summed E-state index contributed by atoms with van der Waals surface area (Å²) in [6, 6.07) is -0.145. The molecule has 2 rings (SSSR count). The molecule has 1 unspecified atom stereocenters. The van der Waals surface area contributed by atoms with Crippen molar-refractivity contribution in [2.75, 3.05) is 0 Å². The minimum Gasteiger partial charge on any atom is -0.344 e. The van der Waals surface area contributed by atoms with Crippen LogP contribution >= 0.6 is 11.6 Å². The fourth-order valence-electron chi connectivity index (χ4n) is 2.21. The standard InChI is InChI=1S/C13H18ClN5O/c1-5-19-9(3)10(6-16-19)8(2)17-13(20)12-11(14)7-15-18(12)4/h6-8H,5H2,1-4H3,(H,17,20). The Morgan fingerprint density at radius 2 is 2.15 bits per heavy atom. The van der Waals surface area contributed by atoms with Gasteiger partial charge in [-0.2, -0.15) is 10.2 Å². The van der Waals surface area contributed by atoms with Gasteiger partial charge >= 0.3 is 0 Å². The van der Waals surface area contributed by atoms with Crippen molar-refractivity contribution in [2.24, 2.45) is 7.05 Å². The Kier molecular flexibility index (Phi) is 4.13. The van der Waals surface area contributed by atoms with Gasteiger partial charge in [-0.15, -0.1) is 0 Å². The summed E-state index contributed by atoms with van der Waals surface area (Å²) in [6.07, 6.45) is 3.25. The highest BCUT2D eigenvalue weighted by molar-refractivity contribution is 6.33. The van der Waals surface area contributed by atoms with Gasteiger partial charge < -0.3 is 5.32 Å². The number of nitrogens with one attached hydrogen (secondary N) is 1. The third-order valence-corrected chi connectivity index (χ3v) is 3.64. The molecule has 2 heterocycles. The van der Waals surface area contributed by atoms with Crippen molar-refractivity contribution in [1.82, 2.24) is 24.9 Å². The fourth-order valence-corrected chi connectivity index (χ4v) is 2.47. The van der Waals surface area contributed by atoms with Crippen molar-refractivity contribution in [2.45, 2.75) is 33.4 Å². The van der Waals surface area contributed by atoms with Crippen molar-refractivity contribution in [3.8, 4) is 0 Å². The molecule has 0 saturated heterocycles. The van der Waals surface area contributed by atoms with Crippen LogP contribution in [0.4, 0.5) is 0 Å². The lowest BCUT2D eigenvalue weighted by molar-refractivity contribution is 0.0930. The van der Waals surface area contributed by atoms with Gasteiger partial charge in [0.25, 0.3) is 5.91 Å². The van der Waals surface area contributed by atoms with Crippen LogP contribution in [-0.4, -0.2) is 25.5 Å². The van der Waals surface area contributed by atoms with E-state index in [4.69, 9.17) is 11.6 Å². The first-order chi connectivity index (χ1) is 9.45. The molecule has 108 valence electrons. The van der Waals surface area contributed by atoms with Crippen LogP contribution in [0.15, 0.2) is 12.4 Å². The van der Waals surface area contributed by atoms with E-state index in [2.05, 4.69) is 15.5 Å². The second-order valence-corrected chi connectivity index (χ2v) is 5.07. The number of carbonyl (C=O) groups excluding carboxylic acids is 1. The van der Waals surface area contributed by atoms with Crippen LogP contribution < -0.4 is 5.32 Å². The molecular formula is C13H18ClN5O. The quantitative estimate of drug-likeness (QED) is 0.939. The van der Waals surface area contributed by atoms with E-state index in [0.717, 1.165) is 17.8 Å². The molecule has 6 nitrogen and oxygen atoms in total. The zero-order valence-corrected chi connectivity index (χ0v) is 12.8. The summed E-state index contributed by atoms with van der Waals surface area (Å²) in [6.45, 7) is 6.75. The molecule has 0 aliphatic carbocycles. The molecule has 1 N–H and O–H groups in total. The summed E-state index contributed by atoms with van der Waals surface area (Å²) < 4.78 is 3.36. The summed E-state index contributed by atoms with van der Waals surface area (Å²) in [5.41, 5.74) is 2.41. The second kappa shape index (κ2) is 5.66.